The quantitative estimate of drug-likeness (QED) is 0.917. The van der Waals surface area contributed by atoms with Gasteiger partial charge in [-0.05, 0) is 25.8 Å². The van der Waals surface area contributed by atoms with E-state index < -0.39 is 0 Å². The van der Waals surface area contributed by atoms with Gasteiger partial charge in [0.05, 0.1) is 0 Å². The number of thioether (sulfide) groups is 1. The van der Waals surface area contributed by atoms with Crippen molar-refractivity contribution < 1.29 is 0 Å². The van der Waals surface area contributed by atoms with Crippen LogP contribution >= 0.6 is 11.8 Å². The normalized spacial score (nSPS) is 22.4. The molecule has 2 nitrogen and oxygen atoms in total. The average Bonchev–Trinajstić information content (AvgIpc) is 2.35. The monoisotopic (exact) mass is 278 g/mol. The van der Waals surface area contributed by atoms with Crippen molar-refractivity contribution >= 4 is 11.8 Å². The van der Waals surface area contributed by atoms with Crippen LogP contribution in [-0.2, 0) is 0 Å². The maximum Gasteiger partial charge on any atom is 0.0307 e. The minimum absolute atomic E-state index is 0.170. The summed E-state index contributed by atoms with van der Waals surface area (Å²) in [5.41, 5.74) is 10.3. The van der Waals surface area contributed by atoms with Crippen molar-refractivity contribution in [3.63, 3.8) is 0 Å². The first-order valence-corrected chi connectivity index (χ1v) is 8.27. The molecule has 2 atom stereocenters. The molecule has 1 aliphatic rings. The number of rotatable bonds is 4. The molecule has 1 aliphatic heterocycles. The van der Waals surface area contributed by atoms with Gasteiger partial charge >= 0.3 is 0 Å². The Balaban J connectivity index is 1.88. The van der Waals surface area contributed by atoms with Crippen LogP contribution in [0.5, 0.6) is 0 Å². The lowest BCUT2D eigenvalue weighted by Crippen LogP contribution is -2.38. The topological polar surface area (TPSA) is 29.3 Å². The van der Waals surface area contributed by atoms with E-state index in [0.29, 0.717) is 0 Å². The number of hydrogen-bond acceptors (Lipinski definition) is 3. The zero-order valence-corrected chi connectivity index (χ0v) is 13.2. The first kappa shape index (κ1) is 14.9. The van der Waals surface area contributed by atoms with Gasteiger partial charge in [-0.1, -0.05) is 36.2 Å². The molecule has 1 aromatic carbocycles. The molecule has 2 rings (SSSR count). The Morgan fingerprint density at radius 1 is 1.32 bits per heavy atom. The fraction of sp³-hybridized carbons (Fsp3) is 0.625. The highest BCUT2D eigenvalue weighted by molar-refractivity contribution is 7.99. The van der Waals surface area contributed by atoms with Gasteiger partial charge in [-0.25, -0.2) is 0 Å². The molecular weight excluding hydrogens is 252 g/mol. The summed E-state index contributed by atoms with van der Waals surface area (Å²) in [7, 11) is 0. The zero-order valence-electron chi connectivity index (χ0n) is 12.4. The van der Waals surface area contributed by atoms with Crippen molar-refractivity contribution in [2.24, 2.45) is 5.73 Å². The summed E-state index contributed by atoms with van der Waals surface area (Å²) in [4.78, 5) is 2.56. The molecule has 1 aromatic rings. The summed E-state index contributed by atoms with van der Waals surface area (Å²) in [5.74, 6) is 1.26. The highest BCUT2D eigenvalue weighted by Crippen LogP contribution is 2.21. The van der Waals surface area contributed by atoms with Crippen LogP contribution in [0.4, 0.5) is 0 Å². The van der Waals surface area contributed by atoms with Gasteiger partial charge in [0.15, 0.2) is 0 Å². The minimum Gasteiger partial charge on any atom is -0.324 e. The van der Waals surface area contributed by atoms with Crippen LogP contribution in [0.15, 0.2) is 18.2 Å². The third-order valence-electron chi connectivity index (χ3n) is 3.75. The standard InChI is InChI=1S/C16H26N2S/c1-12-8-13(2)10-15(9-12)16(17)4-5-18-6-7-19-14(3)11-18/h8-10,14,16H,4-7,11,17H2,1-3H3. The second-order valence-electron chi connectivity index (χ2n) is 5.80. The molecule has 1 fully saturated rings. The van der Waals surface area contributed by atoms with Crippen LogP contribution in [0.3, 0.4) is 0 Å². The largest absolute Gasteiger partial charge is 0.324 e. The van der Waals surface area contributed by atoms with Gasteiger partial charge in [0.25, 0.3) is 0 Å². The van der Waals surface area contributed by atoms with Gasteiger partial charge < -0.3 is 10.6 Å². The summed E-state index contributed by atoms with van der Waals surface area (Å²) in [5, 5.41) is 0.770. The summed E-state index contributed by atoms with van der Waals surface area (Å²) in [6, 6.07) is 6.84. The highest BCUT2D eigenvalue weighted by Gasteiger charge is 2.17. The molecule has 106 valence electrons. The van der Waals surface area contributed by atoms with Crippen LogP contribution in [0.1, 0.15) is 36.1 Å². The Labute approximate surface area is 121 Å². The SMILES string of the molecule is Cc1cc(C)cc(C(N)CCN2CCSC(C)C2)c1. The van der Waals surface area contributed by atoms with E-state index in [1.165, 1.54) is 35.5 Å². The lowest BCUT2D eigenvalue weighted by molar-refractivity contribution is 0.275. The van der Waals surface area contributed by atoms with Crippen molar-refractivity contribution in [1.29, 1.82) is 0 Å². The average molecular weight is 278 g/mol. The summed E-state index contributed by atoms with van der Waals surface area (Å²) in [6.45, 7) is 10.2. The van der Waals surface area contributed by atoms with E-state index in [-0.39, 0.29) is 6.04 Å². The van der Waals surface area contributed by atoms with E-state index in [9.17, 15) is 0 Å². The van der Waals surface area contributed by atoms with E-state index in [1.807, 2.05) is 0 Å². The number of hydrogen-bond donors (Lipinski definition) is 1. The van der Waals surface area contributed by atoms with Crippen molar-refractivity contribution in [3.05, 3.63) is 34.9 Å². The first-order valence-electron chi connectivity index (χ1n) is 7.22. The van der Waals surface area contributed by atoms with Gasteiger partial charge in [-0.15, -0.1) is 0 Å². The third-order valence-corrected chi connectivity index (χ3v) is 4.89. The molecule has 0 bridgehead atoms. The van der Waals surface area contributed by atoms with Gasteiger partial charge in [-0.2, -0.15) is 11.8 Å². The zero-order chi connectivity index (χ0) is 13.8. The molecule has 0 spiro atoms. The molecule has 0 aromatic heterocycles. The molecule has 0 amide bonds. The number of nitrogens with two attached hydrogens (primary N) is 1. The Hall–Kier alpha value is -0.510. The van der Waals surface area contributed by atoms with E-state index in [2.05, 4.69) is 55.6 Å². The van der Waals surface area contributed by atoms with Crippen molar-refractivity contribution in [1.82, 2.24) is 4.90 Å². The van der Waals surface area contributed by atoms with Crippen LogP contribution in [0.2, 0.25) is 0 Å². The highest BCUT2D eigenvalue weighted by atomic mass is 32.2. The molecule has 0 saturated carbocycles. The first-order chi connectivity index (χ1) is 9.04. The van der Waals surface area contributed by atoms with Gasteiger partial charge in [0, 0.05) is 36.7 Å². The van der Waals surface area contributed by atoms with Crippen LogP contribution in [0.25, 0.3) is 0 Å². The summed E-state index contributed by atoms with van der Waals surface area (Å²) >= 11 is 2.08. The van der Waals surface area contributed by atoms with E-state index in [4.69, 9.17) is 5.73 Å². The lowest BCUT2D eigenvalue weighted by Gasteiger charge is -2.31. The summed E-state index contributed by atoms with van der Waals surface area (Å²) < 4.78 is 0. The van der Waals surface area contributed by atoms with Crippen molar-refractivity contribution in [3.8, 4) is 0 Å². The maximum atomic E-state index is 6.35. The maximum absolute atomic E-state index is 6.35. The molecule has 3 heteroatoms. The Morgan fingerprint density at radius 3 is 2.63 bits per heavy atom. The molecule has 0 radical (unpaired) electrons. The Morgan fingerprint density at radius 2 is 2.00 bits per heavy atom. The van der Waals surface area contributed by atoms with Gasteiger partial charge in [0.2, 0.25) is 0 Å². The number of benzene rings is 1. The minimum atomic E-state index is 0.170. The molecule has 19 heavy (non-hydrogen) atoms. The van der Waals surface area contributed by atoms with Gasteiger partial charge in [-0.3, -0.25) is 0 Å². The molecule has 2 N–H and O–H groups in total. The van der Waals surface area contributed by atoms with Gasteiger partial charge in [0.1, 0.15) is 0 Å². The van der Waals surface area contributed by atoms with E-state index in [0.717, 1.165) is 18.2 Å². The predicted octanol–water partition coefficient (Wildman–Crippen LogP) is 3.13. The van der Waals surface area contributed by atoms with E-state index >= 15 is 0 Å². The van der Waals surface area contributed by atoms with Crippen LogP contribution in [0, 0.1) is 13.8 Å². The number of nitrogens with zero attached hydrogens (tertiary/aromatic N) is 1. The third kappa shape index (κ3) is 4.51. The fourth-order valence-corrected chi connectivity index (χ4v) is 3.89. The molecular formula is C16H26N2S. The predicted molar refractivity (Wildman–Crippen MR) is 85.8 cm³/mol. The molecule has 2 unspecified atom stereocenters. The Kier molecular flexibility index (Phi) is 5.31. The van der Waals surface area contributed by atoms with Crippen molar-refractivity contribution in [2.75, 3.05) is 25.4 Å². The lowest BCUT2D eigenvalue weighted by atomic mass is 9.99. The van der Waals surface area contributed by atoms with Crippen LogP contribution < -0.4 is 5.73 Å². The van der Waals surface area contributed by atoms with Crippen molar-refractivity contribution in [2.45, 2.75) is 38.5 Å². The molecule has 0 aliphatic carbocycles. The second kappa shape index (κ2) is 6.78. The van der Waals surface area contributed by atoms with E-state index in [1.54, 1.807) is 0 Å². The molecule has 1 heterocycles. The summed E-state index contributed by atoms with van der Waals surface area (Å²) in [6.07, 6.45) is 1.06. The smallest absolute Gasteiger partial charge is 0.0307 e. The Bertz CT molecular complexity index is 399. The molecule has 1 saturated heterocycles. The second-order valence-corrected chi connectivity index (χ2v) is 7.34. The van der Waals surface area contributed by atoms with Crippen LogP contribution in [-0.4, -0.2) is 35.5 Å². The number of aryl methyl sites for hydroxylation is 2. The fourth-order valence-electron chi connectivity index (χ4n) is 2.81.